The van der Waals surface area contributed by atoms with Gasteiger partial charge in [-0.25, -0.2) is 4.98 Å². The highest BCUT2D eigenvalue weighted by Gasteiger charge is 2.52. The molecule has 3 heterocycles. The van der Waals surface area contributed by atoms with E-state index in [1.165, 1.54) is 11.1 Å². The molecule has 3 atom stereocenters. The van der Waals surface area contributed by atoms with Crippen LogP contribution in [-0.4, -0.2) is 43.6 Å². The number of aromatic nitrogens is 1. The molecular formula is C24H29N3O3. The number of nitrogens with one attached hydrogen (secondary N) is 1. The number of ether oxygens (including phenoxy) is 2. The molecule has 0 radical (unpaired) electrons. The monoisotopic (exact) mass is 407 g/mol. The number of carbonyl (C=O) groups is 1. The number of aldehydes is 1. The summed E-state index contributed by atoms with van der Waals surface area (Å²) in [7, 11) is 1.88. The fourth-order valence-electron chi connectivity index (χ4n) is 4.97. The Labute approximate surface area is 177 Å². The van der Waals surface area contributed by atoms with Crippen LogP contribution in [0.3, 0.4) is 0 Å². The van der Waals surface area contributed by atoms with Crippen LogP contribution in [0, 0.1) is 12.8 Å². The molecule has 2 aliphatic heterocycles. The van der Waals surface area contributed by atoms with Gasteiger partial charge in [-0.3, -0.25) is 4.79 Å². The predicted molar refractivity (Wildman–Crippen MR) is 115 cm³/mol. The van der Waals surface area contributed by atoms with Gasteiger partial charge in [0.15, 0.2) is 6.29 Å². The number of fused-ring (bicyclic) bond motifs is 2. The Morgan fingerprint density at radius 1 is 1.33 bits per heavy atom. The first kappa shape index (κ1) is 19.5. The molecule has 30 heavy (non-hydrogen) atoms. The standard InChI is InChI=1S/C24H29N3O3/c1-15-9-18(13-28)21(12-25-2)26-24(15)27-7-5-23(20-11-22(20)27)30-19-4-3-17-14-29-8-6-16(17)10-19/h3-4,9-10,13,20,22-23,25H,5-8,11-12,14H2,1-2H3. The molecule has 1 aliphatic carbocycles. The number of rotatable bonds is 6. The summed E-state index contributed by atoms with van der Waals surface area (Å²) in [5.41, 5.74) is 5.20. The van der Waals surface area contributed by atoms with Crippen LogP contribution in [0.15, 0.2) is 24.3 Å². The average Bonchev–Trinajstić information content (AvgIpc) is 3.57. The number of carbonyl (C=O) groups excluding carboxylic acids is 1. The molecule has 1 aromatic heterocycles. The maximum Gasteiger partial charge on any atom is 0.151 e. The van der Waals surface area contributed by atoms with Gasteiger partial charge in [0.25, 0.3) is 0 Å². The highest BCUT2D eigenvalue weighted by molar-refractivity contribution is 5.78. The van der Waals surface area contributed by atoms with Crippen LogP contribution >= 0.6 is 0 Å². The van der Waals surface area contributed by atoms with Crippen molar-refractivity contribution in [3.05, 3.63) is 52.2 Å². The lowest BCUT2D eigenvalue weighted by atomic mass is 10.0. The fourth-order valence-corrected chi connectivity index (χ4v) is 4.97. The van der Waals surface area contributed by atoms with Crippen LogP contribution in [0.25, 0.3) is 0 Å². The first-order chi connectivity index (χ1) is 14.7. The fraction of sp³-hybridized carbons (Fsp3) is 0.500. The zero-order valence-corrected chi connectivity index (χ0v) is 17.7. The lowest BCUT2D eigenvalue weighted by molar-refractivity contribution is 0.110. The molecule has 1 aromatic carbocycles. The Bertz CT molecular complexity index is 961. The van der Waals surface area contributed by atoms with Crippen molar-refractivity contribution >= 4 is 12.1 Å². The van der Waals surface area contributed by atoms with Gasteiger partial charge in [0, 0.05) is 37.0 Å². The predicted octanol–water partition coefficient (Wildman–Crippen LogP) is 3.04. The summed E-state index contributed by atoms with van der Waals surface area (Å²) in [4.78, 5) is 18.7. The first-order valence-electron chi connectivity index (χ1n) is 10.9. The van der Waals surface area contributed by atoms with Crippen LogP contribution in [0.4, 0.5) is 5.82 Å². The van der Waals surface area contributed by atoms with Crippen molar-refractivity contribution in [1.82, 2.24) is 10.3 Å². The van der Waals surface area contributed by atoms with Gasteiger partial charge >= 0.3 is 0 Å². The van der Waals surface area contributed by atoms with Crippen LogP contribution in [0.5, 0.6) is 5.75 Å². The number of piperidine rings is 1. The number of hydrogen-bond donors (Lipinski definition) is 1. The molecule has 1 saturated carbocycles. The molecule has 3 unspecified atom stereocenters. The molecule has 6 nitrogen and oxygen atoms in total. The minimum Gasteiger partial charge on any atom is -0.490 e. The molecule has 158 valence electrons. The van der Waals surface area contributed by atoms with Crippen LogP contribution in [0.1, 0.15) is 45.6 Å². The van der Waals surface area contributed by atoms with Crippen molar-refractivity contribution in [3.8, 4) is 5.75 Å². The number of anilines is 1. The third-order valence-corrected chi connectivity index (χ3v) is 6.62. The first-order valence-corrected chi connectivity index (χ1v) is 10.9. The smallest absolute Gasteiger partial charge is 0.151 e. The second-order valence-electron chi connectivity index (χ2n) is 8.65. The normalized spacial score (nSPS) is 24.7. The van der Waals surface area contributed by atoms with Crippen molar-refractivity contribution in [3.63, 3.8) is 0 Å². The van der Waals surface area contributed by atoms with E-state index < -0.39 is 0 Å². The molecule has 1 N–H and O–H groups in total. The molecule has 2 aromatic rings. The molecular weight excluding hydrogens is 378 g/mol. The van der Waals surface area contributed by atoms with Crippen molar-refractivity contribution in [1.29, 1.82) is 0 Å². The Balaban J connectivity index is 1.30. The van der Waals surface area contributed by atoms with Gasteiger partial charge in [-0.05, 0) is 61.7 Å². The van der Waals surface area contributed by atoms with Crippen molar-refractivity contribution in [2.75, 3.05) is 25.1 Å². The number of pyridine rings is 1. The number of benzene rings is 1. The second kappa shape index (κ2) is 8.00. The Morgan fingerprint density at radius 2 is 2.23 bits per heavy atom. The minimum atomic E-state index is 0.260. The molecule has 0 bridgehead atoms. The van der Waals surface area contributed by atoms with Gasteiger partial charge in [0.05, 0.1) is 18.9 Å². The number of nitrogens with zero attached hydrogens (tertiary/aromatic N) is 2. The maximum absolute atomic E-state index is 11.4. The topological polar surface area (TPSA) is 63.7 Å². The second-order valence-corrected chi connectivity index (χ2v) is 8.65. The summed E-state index contributed by atoms with van der Waals surface area (Å²) in [6, 6.07) is 8.89. The van der Waals surface area contributed by atoms with Crippen molar-refractivity contribution in [2.24, 2.45) is 5.92 Å². The lowest BCUT2D eigenvalue weighted by Crippen LogP contribution is -2.40. The molecule has 0 amide bonds. The highest BCUT2D eigenvalue weighted by atomic mass is 16.5. The summed E-state index contributed by atoms with van der Waals surface area (Å²) in [6.07, 6.45) is 4.26. The Hall–Kier alpha value is -2.44. The third-order valence-electron chi connectivity index (χ3n) is 6.62. The van der Waals surface area contributed by atoms with E-state index in [9.17, 15) is 4.79 Å². The summed E-state index contributed by atoms with van der Waals surface area (Å²) < 4.78 is 12.0. The van der Waals surface area contributed by atoms with Crippen LogP contribution < -0.4 is 15.0 Å². The molecule has 5 rings (SSSR count). The molecule has 0 spiro atoms. The van der Waals surface area contributed by atoms with Gasteiger partial charge in [-0.2, -0.15) is 0 Å². The van der Waals surface area contributed by atoms with Crippen LogP contribution in [0.2, 0.25) is 0 Å². The summed E-state index contributed by atoms with van der Waals surface area (Å²) in [5.74, 6) is 2.55. The van der Waals surface area contributed by atoms with E-state index in [1.54, 1.807) is 0 Å². The molecule has 1 saturated heterocycles. The zero-order chi connectivity index (χ0) is 20.7. The minimum absolute atomic E-state index is 0.260. The van der Waals surface area contributed by atoms with E-state index in [-0.39, 0.29) is 6.10 Å². The van der Waals surface area contributed by atoms with E-state index in [1.807, 2.05) is 13.1 Å². The molecule has 6 heteroatoms. The van der Waals surface area contributed by atoms with Crippen molar-refractivity contribution in [2.45, 2.75) is 51.5 Å². The van der Waals surface area contributed by atoms with Crippen LogP contribution in [-0.2, 0) is 24.3 Å². The summed E-state index contributed by atoms with van der Waals surface area (Å²) in [6.45, 7) is 5.08. The van der Waals surface area contributed by atoms with E-state index in [2.05, 4.69) is 35.3 Å². The highest BCUT2D eigenvalue weighted by Crippen LogP contribution is 2.47. The lowest BCUT2D eigenvalue weighted by Gasteiger charge is -2.34. The van der Waals surface area contributed by atoms with Gasteiger partial charge in [-0.15, -0.1) is 0 Å². The van der Waals surface area contributed by atoms with E-state index >= 15 is 0 Å². The number of hydrogen-bond acceptors (Lipinski definition) is 6. The van der Waals surface area contributed by atoms with E-state index in [0.29, 0.717) is 30.7 Å². The quantitative estimate of drug-likeness (QED) is 0.743. The van der Waals surface area contributed by atoms with Gasteiger partial charge in [0.1, 0.15) is 17.7 Å². The molecule has 3 aliphatic rings. The summed E-state index contributed by atoms with van der Waals surface area (Å²) >= 11 is 0. The Kier molecular flexibility index (Phi) is 5.21. The Morgan fingerprint density at radius 3 is 3.07 bits per heavy atom. The SMILES string of the molecule is CNCc1nc(N2CCC(Oc3ccc4c(c3)CCOC4)C3CC32)c(C)cc1C=O. The number of aryl methyl sites for hydroxylation is 1. The van der Waals surface area contributed by atoms with Gasteiger partial charge < -0.3 is 19.7 Å². The van der Waals surface area contributed by atoms with Gasteiger partial charge in [0.2, 0.25) is 0 Å². The maximum atomic E-state index is 11.4. The zero-order valence-electron chi connectivity index (χ0n) is 17.7. The molecule has 2 fully saturated rings. The van der Waals surface area contributed by atoms with E-state index in [4.69, 9.17) is 14.5 Å². The van der Waals surface area contributed by atoms with Crippen molar-refractivity contribution < 1.29 is 14.3 Å². The largest absolute Gasteiger partial charge is 0.490 e. The van der Waals surface area contributed by atoms with Gasteiger partial charge in [-0.1, -0.05) is 6.07 Å². The average molecular weight is 408 g/mol. The third kappa shape index (κ3) is 3.59. The summed E-state index contributed by atoms with van der Waals surface area (Å²) in [5, 5.41) is 3.12. The van der Waals surface area contributed by atoms with E-state index in [0.717, 1.165) is 61.5 Å².